The molecule has 2 heterocycles. The lowest BCUT2D eigenvalue weighted by Gasteiger charge is -2.04. The molecule has 0 saturated carbocycles. The Morgan fingerprint density at radius 3 is 2.89 bits per heavy atom. The van der Waals surface area contributed by atoms with Gasteiger partial charge in [0.1, 0.15) is 0 Å². The summed E-state index contributed by atoms with van der Waals surface area (Å²) in [6.07, 6.45) is 4.49. The third kappa shape index (κ3) is 2.59. The number of hydrogen-bond donors (Lipinski definition) is 1. The van der Waals surface area contributed by atoms with Gasteiger partial charge in [0.05, 0.1) is 24.7 Å². The van der Waals surface area contributed by atoms with Crippen molar-refractivity contribution in [2.45, 2.75) is 13.0 Å². The van der Waals surface area contributed by atoms with Crippen LogP contribution in [0.15, 0.2) is 42.0 Å². The minimum atomic E-state index is 0.456. The van der Waals surface area contributed by atoms with E-state index in [1.54, 1.807) is 11.3 Å². The minimum absolute atomic E-state index is 0.456. The van der Waals surface area contributed by atoms with Gasteiger partial charge in [0.15, 0.2) is 4.96 Å². The molecule has 0 bridgehead atoms. The predicted octanol–water partition coefficient (Wildman–Crippen LogP) is 3.07. The van der Waals surface area contributed by atoms with E-state index in [1.807, 2.05) is 46.4 Å². The van der Waals surface area contributed by atoms with Gasteiger partial charge in [-0.05, 0) is 17.7 Å². The maximum atomic E-state index is 8.61. The first-order chi connectivity index (χ1) is 9.35. The smallest absolute Gasteiger partial charge is 0.193 e. The van der Waals surface area contributed by atoms with Crippen LogP contribution in [0.25, 0.3) is 4.96 Å². The highest BCUT2D eigenvalue weighted by atomic mass is 32.1. The Bertz CT molecular complexity index is 689. The van der Waals surface area contributed by atoms with Gasteiger partial charge in [-0.3, -0.25) is 4.40 Å². The van der Waals surface area contributed by atoms with Gasteiger partial charge >= 0.3 is 0 Å². The van der Waals surface area contributed by atoms with Crippen LogP contribution in [0, 0.1) is 11.3 Å². The Morgan fingerprint density at radius 2 is 2.16 bits per heavy atom. The molecule has 0 amide bonds. The van der Waals surface area contributed by atoms with E-state index in [0.29, 0.717) is 13.0 Å². The van der Waals surface area contributed by atoms with Gasteiger partial charge in [0.25, 0.3) is 0 Å². The summed E-state index contributed by atoms with van der Waals surface area (Å²) in [5.74, 6) is 0. The third-order valence-corrected chi connectivity index (χ3v) is 3.62. The van der Waals surface area contributed by atoms with Gasteiger partial charge in [-0.25, -0.2) is 4.98 Å². The lowest BCUT2D eigenvalue weighted by atomic mass is 10.1. The van der Waals surface area contributed by atoms with Crippen LogP contribution >= 0.6 is 11.3 Å². The minimum Gasteiger partial charge on any atom is -0.379 e. The number of aromatic nitrogens is 2. The van der Waals surface area contributed by atoms with E-state index in [0.717, 1.165) is 21.9 Å². The van der Waals surface area contributed by atoms with E-state index < -0.39 is 0 Å². The van der Waals surface area contributed by atoms with Crippen LogP contribution in [-0.2, 0) is 13.0 Å². The standard InChI is InChI=1S/C14H12N4S/c15-6-5-11-1-3-12(4-2-11)16-9-13-10-18-7-8-19-14(18)17-13/h1-4,7-8,10,16H,5,9H2. The van der Waals surface area contributed by atoms with Crippen molar-refractivity contribution in [2.24, 2.45) is 0 Å². The Balaban J connectivity index is 1.65. The molecule has 1 aromatic carbocycles. The highest BCUT2D eigenvalue weighted by Gasteiger charge is 2.02. The fourth-order valence-electron chi connectivity index (χ4n) is 1.89. The van der Waals surface area contributed by atoms with Crippen LogP contribution < -0.4 is 5.32 Å². The maximum absolute atomic E-state index is 8.61. The molecule has 3 rings (SSSR count). The molecule has 3 aromatic rings. The molecule has 1 N–H and O–H groups in total. The number of fused-ring (bicyclic) bond motifs is 1. The SMILES string of the molecule is N#CCc1ccc(NCc2cn3ccsc3n2)cc1. The number of hydrogen-bond acceptors (Lipinski definition) is 4. The molecule has 0 fully saturated rings. The second kappa shape index (κ2) is 5.12. The summed E-state index contributed by atoms with van der Waals surface area (Å²) in [6, 6.07) is 10.1. The fourth-order valence-corrected chi connectivity index (χ4v) is 2.60. The number of imidazole rings is 1. The van der Waals surface area contributed by atoms with Gasteiger partial charge in [-0.15, -0.1) is 11.3 Å². The average molecular weight is 268 g/mol. The van der Waals surface area contributed by atoms with Crippen LogP contribution in [0.4, 0.5) is 5.69 Å². The molecule has 0 radical (unpaired) electrons. The van der Waals surface area contributed by atoms with Crippen molar-refractivity contribution >= 4 is 22.0 Å². The number of thiazole rings is 1. The van der Waals surface area contributed by atoms with Crippen molar-refractivity contribution in [1.29, 1.82) is 5.26 Å². The molecule has 5 heteroatoms. The van der Waals surface area contributed by atoms with Crippen molar-refractivity contribution in [2.75, 3.05) is 5.32 Å². The molecule has 2 aromatic heterocycles. The van der Waals surface area contributed by atoms with Crippen molar-refractivity contribution < 1.29 is 0 Å². The molecule has 0 spiro atoms. The molecule has 0 unspecified atom stereocenters. The maximum Gasteiger partial charge on any atom is 0.193 e. The van der Waals surface area contributed by atoms with Crippen LogP contribution in [-0.4, -0.2) is 9.38 Å². The van der Waals surface area contributed by atoms with E-state index in [-0.39, 0.29) is 0 Å². The van der Waals surface area contributed by atoms with Crippen LogP contribution in [0.1, 0.15) is 11.3 Å². The summed E-state index contributed by atoms with van der Waals surface area (Å²) in [5, 5.41) is 14.0. The number of benzene rings is 1. The van der Waals surface area contributed by atoms with Gasteiger partial charge < -0.3 is 5.32 Å². The molecule has 0 saturated heterocycles. The normalized spacial score (nSPS) is 10.5. The second-order valence-electron chi connectivity index (χ2n) is 4.21. The molecule has 0 aliphatic rings. The Hall–Kier alpha value is -2.32. The Labute approximate surface area is 115 Å². The van der Waals surface area contributed by atoms with E-state index in [1.165, 1.54) is 0 Å². The first-order valence-corrected chi connectivity index (χ1v) is 6.84. The monoisotopic (exact) mass is 268 g/mol. The predicted molar refractivity (Wildman–Crippen MR) is 76.2 cm³/mol. The number of nitriles is 1. The zero-order chi connectivity index (χ0) is 13.1. The quantitative estimate of drug-likeness (QED) is 0.791. The summed E-state index contributed by atoms with van der Waals surface area (Å²) < 4.78 is 2.03. The van der Waals surface area contributed by atoms with Crippen LogP contribution in [0.2, 0.25) is 0 Å². The number of anilines is 1. The van der Waals surface area contributed by atoms with Crippen molar-refractivity contribution in [3.63, 3.8) is 0 Å². The van der Waals surface area contributed by atoms with Crippen LogP contribution in [0.3, 0.4) is 0 Å². The highest BCUT2D eigenvalue weighted by molar-refractivity contribution is 7.15. The van der Waals surface area contributed by atoms with E-state index in [4.69, 9.17) is 5.26 Å². The third-order valence-electron chi connectivity index (χ3n) is 2.85. The van der Waals surface area contributed by atoms with Crippen molar-refractivity contribution in [3.05, 3.63) is 53.3 Å². The van der Waals surface area contributed by atoms with E-state index >= 15 is 0 Å². The van der Waals surface area contributed by atoms with E-state index in [2.05, 4.69) is 16.4 Å². The zero-order valence-corrected chi connectivity index (χ0v) is 11.0. The molecular weight excluding hydrogens is 256 g/mol. The van der Waals surface area contributed by atoms with Gasteiger partial charge in [0.2, 0.25) is 0 Å². The topological polar surface area (TPSA) is 53.1 Å². The Kier molecular flexibility index (Phi) is 3.17. The molecule has 0 aliphatic heterocycles. The van der Waals surface area contributed by atoms with Crippen molar-refractivity contribution in [3.8, 4) is 6.07 Å². The molecule has 94 valence electrons. The lowest BCUT2D eigenvalue weighted by molar-refractivity contribution is 1.08. The number of rotatable bonds is 4. The second-order valence-corrected chi connectivity index (χ2v) is 5.08. The number of nitrogens with zero attached hydrogens (tertiary/aromatic N) is 3. The summed E-state index contributed by atoms with van der Waals surface area (Å²) in [4.78, 5) is 5.53. The van der Waals surface area contributed by atoms with Gasteiger partial charge in [-0.1, -0.05) is 12.1 Å². The van der Waals surface area contributed by atoms with Crippen molar-refractivity contribution in [1.82, 2.24) is 9.38 Å². The fraction of sp³-hybridized carbons (Fsp3) is 0.143. The van der Waals surface area contributed by atoms with Gasteiger partial charge in [-0.2, -0.15) is 5.26 Å². The molecule has 0 aliphatic carbocycles. The highest BCUT2D eigenvalue weighted by Crippen LogP contribution is 2.14. The summed E-state index contributed by atoms with van der Waals surface area (Å²) in [5.41, 5.74) is 3.10. The Morgan fingerprint density at radius 1 is 1.32 bits per heavy atom. The first kappa shape index (κ1) is 11.8. The summed E-state index contributed by atoms with van der Waals surface area (Å²) in [6.45, 7) is 0.700. The molecule has 19 heavy (non-hydrogen) atoms. The molecule has 0 atom stereocenters. The number of nitrogens with one attached hydrogen (secondary N) is 1. The zero-order valence-electron chi connectivity index (χ0n) is 10.2. The first-order valence-electron chi connectivity index (χ1n) is 5.96. The van der Waals surface area contributed by atoms with Crippen LogP contribution in [0.5, 0.6) is 0 Å². The van der Waals surface area contributed by atoms with Gasteiger partial charge in [0, 0.05) is 23.5 Å². The van der Waals surface area contributed by atoms with E-state index in [9.17, 15) is 0 Å². The molecule has 4 nitrogen and oxygen atoms in total. The largest absolute Gasteiger partial charge is 0.379 e. The summed E-state index contributed by atoms with van der Waals surface area (Å²) in [7, 11) is 0. The summed E-state index contributed by atoms with van der Waals surface area (Å²) >= 11 is 1.63. The molecular formula is C14H12N4S. The average Bonchev–Trinajstić information content (AvgIpc) is 2.99. The lowest BCUT2D eigenvalue weighted by Crippen LogP contribution is -1.99.